The minimum Gasteiger partial charge on any atom is -0.322 e. The number of likely N-dealkylation sites (N-methyl/N-ethyl adjacent to an activating group) is 1. The van der Waals surface area contributed by atoms with Gasteiger partial charge in [-0.3, -0.25) is 4.90 Å². The predicted octanol–water partition coefficient (Wildman–Crippen LogP) is 3.87. The van der Waals surface area contributed by atoms with Crippen LogP contribution in [0.25, 0.3) is 0 Å². The van der Waals surface area contributed by atoms with E-state index in [4.69, 9.17) is 23.2 Å². The predicted molar refractivity (Wildman–Crippen MR) is 136 cm³/mol. The Balaban J connectivity index is 1.54. The van der Waals surface area contributed by atoms with E-state index in [0.29, 0.717) is 41.8 Å². The van der Waals surface area contributed by atoms with Crippen molar-refractivity contribution in [3.63, 3.8) is 0 Å². The molecule has 0 spiro atoms. The molecule has 0 radical (unpaired) electrons. The molecule has 2 aromatic rings. The molecule has 0 bridgehead atoms. The standard InChI is InChI=1S/C24H28Cl2F2N4O3S/c1-29(13-16-9-18(27)12-19(28)10-16)23-15-31(14-20(23)17-3-4-21(25)22(26)11-17)24(33)30-5-7-32(8-6-30)36(2,34)35/h3-4,9-12,20,23H,5-8,13-15H2,1-2H3/t20-,23?/m1/s1. The normalized spacial score (nSPS) is 21.4. The number of rotatable bonds is 5. The van der Waals surface area contributed by atoms with Crippen LogP contribution in [0, 0.1) is 11.6 Å². The molecule has 2 fully saturated rings. The molecule has 196 valence electrons. The van der Waals surface area contributed by atoms with Gasteiger partial charge in [0.25, 0.3) is 0 Å². The molecule has 1 unspecified atom stereocenters. The molecule has 12 heteroatoms. The third-order valence-electron chi connectivity index (χ3n) is 6.83. The minimum absolute atomic E-state index is 0.121. The van der Waals surface area contributed by atoms with Crippen molar-refractivity contribution in [2.75, 3.05) is 52.6 Å². The van der Waals surface area contributed by atoms with Crippen LogP contribution >= 0.6 is 23.2 Å². The third-order valence-corrected chi connectivity index (χ3v) is 8.87. The second kappa shape index (κ2) is 10.8. The van der Waals surface area contributed by atoms with E-state index in [-0.39, 0.29) is 37.6 Å². The van der Waals surface area contributed by atoms with Crippen molar-refractivity contribution < 1.29 is 22.0 Å². The summed E-state index contributed by atoms with van der Waals surface area (Å²) >= 11 is 12.4. The first-order valence-corrected chi connectivity index (χ1v) is 14.1. The number of benzene rings is 2. The van der Waals surface area contributed by atoms with Crippen LogP contribution in [0.2, 0.25) is 10.0 Å². The molecule has 2 aromatic carbocycles. The van der Waals surface area contributed by atoms with Crippen LogP contribution in [-0.2, 0) is 16.6 Å². The number of likely N-dealkylation sites (tertiary alicyclic amines) is 1. The van der Waals surface area contributed by atoms with E-state index in [0.717, 1.165) is 17.9 Å². The number of urea groups is 1. The molecule has 4 rings (SSSR count). The highest BCUT2D eigenvalue weighted by atomic mass is 35.5. The average Bonchev–Trinajstić information content (AvgIpc) is 3.25. The monoisotopic (exact) mass is 560 g/mol. The van der Waals surface area contributed by atoms with Gasteiger partial charge in [0.05, 0.1) is 16.3 Å². The largest absolute Gasteiger partial charge is 0.322 e. The molecule has 2 amide bonds. The van der Waals surface area contributed by atoms with E-state index in [1.807, 2.05) is 18.0 Å². The van der Waals surface area contributed by atoms with Gasteiger partial charge in [0.15, 0.2) is 0 Å². The summed E-state index contributed by atoms with van der Waals surface area (Å²) in [4.78, 5) is 18.8. The van der Waals surface area contributed by atoms with Crippen LogP contribution in [0.3, 0.4) is 0 Å². The molecule has 2 atom stereocenters. The Morgan fingerprint density at radius 2 is 1.61 bits per heavy atom. The van der Waals surface area contributed by atoms with Gasteiger partial charge in [-0.15, -0.1) is 0 Å². The van der Waals surface area contributed by atoms with Crippen LogP contribution in [-0.4, -0.2) is 92.1 Å². The number of carbonyl (C=O) groups is 1. The molecule has 2 aliphatic rings. The maximum atomic E-state index is 13.8. The number of carbonyl (C=O) groups excluding carboxylic acids is 1. The molecule has 7 nitrogen and oxygen atoms in total. The van der Waals surface area contributed by atoms with Crippen molar-refractivity contribution in [1.82, 2.24) is 19.0 Å². The van der Waals surface area contributed by atoms with Crippen LogP contribution in [0.1, 0.15) is 17.0 Å². The fraction of sp³-hybridized carbons (Fsp3) is 0.458. The van der Waals surface area contributed by atoms with Crippen molar-refractivity contribution >= 4 is 39.3 Å². The molecular formula is C24H28Cl2F2N4O3S. The van der Waals surface area contributed by atoms with Gasteiger partial charge in [0.1, 0.15) is 11.6 Å². The summed E-state index contributed by atoms with van der Waals surface area (Å²) in [5, 5.41) is 0.833. The van der Waals surface area contributed by atoms with Gasteiger partial charge in [-0.05, 0) is 42.4 Å². The van der Waals surface area contributed by atoms with E-state index in [9.17, 15) is 22.0 Å². The average molecular weight is 561 g/mol. The molecule has 2 aliphatic heterocycles. The number of hydrogen-bond donors (Lipinski definition) is 0. The number of piperazine rings is 1. The summed E-state index contributed by atoms with van der Waals surface area (Å²) in [7, 11) is -1.45. The second-order valence-corrected chi connectivity index (χ2v) is 12.2. The third kappa shape index (κ3) is 6.11. The summed E-state index contributed by atoms with van der Waals surface area (Å²) in [6, 6.07) is 8.49. The lowest BCUT2D eigenvalue weighted by molar-refractivity contribution is 0.138. The van der Waals surface area contributed by atoms with E-state index >= 15 is 0 Å². The number of nitrogens with zero attached hydrogens (tertiary/aromatic N) is 4. The van der Waals surface area contributed by atoms with Crippen molar-refractivity contribution in [3.05, 3.63) is 69.2 Å². The zero-order valence-corrected chi connectivity index (χ0v) is 22.3. The lowest BCUT2D eigenvalue weighted by Gasteiger charge is -2.35. The Morgan fingerprint density at radius 1 is 0.972 bits per heavy atom. The molecule has 2 saturated heterocycles. The lowest BCUT2D eigenvalue weighted by Crippen LogP contribution is -2.53. The van der Waals surface area contributed by atoms with Crippen molar-refractivity contribution in [2.45, 2.75) is 18.5 Å². The molecular weight excluding hydrogens is 533 g/mol. The molecule has 36 heavy (non-hydrogen) atoms. The number of amides is 2. The summed E-state index contributed by atoms with van der Waals surface area (Å²) in [6.07, 6.45) is 1.16. The SMILES string of the molecule is CN(Cc1cc(F)cc(F)c1)C1CN(C(=O)N2CCN(S(C)(=O)=O)CC2)C[C@@H]1c1ccc(Cl)c(Cl)c1. The highest BCUT2D eigenvalue weighted by Crippen LogP contribution is 2.35. The topological polar surface area (TPSA) is 64.2 Å². The Morgan fingerprint density at radius 3 is 2.19 bits per heavy atom. The Hall–Kier alpha value is -1.98. The van der Waals surface area contributed by atoms with Gasteiger partial charge < -0.3 is 9.80 Å². The fourth-order valence-electron chi connectivity index (χ4n) is 4.98. The van der Waals surface area contributed by atoms with Crippen LogP contribution in [0.5, 0.6) is 0 Å². The maximum Gasteiger partial charge on any atom is 0.320 e. The first-order valence-electron chi connectivity index (χ1n) is 11.5. The number of hydrogen-bond acceptors (Lipinski definition) is 4. The van der Waals surface area contributed by atoms with Crippen molar-refractivity contribution in [1.29, 1.82) is 0 Å². The van der Waals surface area contributed by atoms with Gasteiger partial charge in [-0.2, -0.15) is 4.31 Å². The first-order chi connectivity index (χ1) is 16.9. The van der Waals surface area contributed by atoms with Gasteiger partial charge >= 0.3 is 6.03 Å². The summed E-state index contributed by atoms with van der Waals surface area (Å²) in [6.45, 7) is 2.21. The molecule has 0 aromatic heterocycles. The van der Waals surface area contributed by atoms with E-state index in [2.05, 4.69) is 0 Å². The number of sulfonamides is 1. The summed E-state index contributed by atoms with van der Waals surface area (Å²) in [5.74, 6) is -1.41. The molecule has 0 N–H and O–H groups in total. The quantitative estimate of drug-likeness (QED) is 0.557. The van der Waals surface area contributed by atoms with Crippen LogP contribution in [0.15, 0.2) is 36.4 Å². The second-order valence-electron chi connectivity index (χ2n) is 9.38. The van der Waals surface area contributed by atoms with Crippen molar-refractivity contribution in [2.24, 2.45) is 0 Å². The highest BCUT2D eigenvalue weighted by molar-refractivity contribution is 7.88. The van der Waals surface area contributed by atoms with E-state index in [1.54, 1.807) is 21.9 Å². The maximum absolute atomic E-state index is 13.8. The first kappa shape index (κ1) is 27.1. The van der Waals surface area contributed by atoms with Crippen molar-refractivity contribution in [3.8, 4) is 0 Å². The Kier molecular flexibility index (Phi) is 8.11. The van der Waals surface area contributed by atoms with Crippen LogP contribution < -0.4 is 0 Å². The smallest absolute Gasteiger partial charge is 0.320 e. The highest BCUT2D eigenvalue weighted by Gasteiger charge is 2.40. The Labute approximate surface area is 220 Å². The molecule has 0 saturated carbocycles. The van der Waals surface area contributed by atoms with E-state index < -0.39 is 21.7 Å². The molecule has 0 aliphatic carbocycles. The van der Waals surface area contributed by atoms with Gasteiger partial charge in [0, 0.05) is 63.8 Å². The lowest BCUT2D eigenvalue weighted by atomic mass is 9.93. The van der Waals surface area contributed by atoms with Gasteiger partial charge in [0.2, 0.25) is 10.0 Å². The summed E-state index contributed by atoms with van der Waals surface area (Å²) < 4.78 is 52.5. The Bertz CT molecular complexity index is 1220. The zero-order valence-electron chi connectivity index (χ0n) is 20.0. The van der Waals surface area contributed by atoms with Crippen LogP contribution in [0.4, 0.5) is 13.6 Å². The molecule has 2 heterocycles. The number of halogens is 4. The minimum atomic E-state index is -3.30. The zero-order chi connectivity index (χ0) is 26.2. The fourth-order valence-corrected chi connectivity index (χ4v) is 6.11. The van der Waals surface area contributed by atoms with Gasteiger partial charge in [-0.1, -0.05) is 29.3 Å². The summed E-state index contributed by atoms with van der Waals surface area (Å²) in [5.41, 5.74) is 1.40. The van der Waals surface area contributed by atoms with Gasteiger partial charge in [-0.25, -0.2) is 22.0 Å². The van der Waals surface area contributed by atoms with E-state index in [1.165, 1.54) is 16.4 Å².